The van der Waals surface area contributed by atoms with Gasteiger partial charge in [0.1, 0.15) is 16.1 Å². The Morgan fingerprint density at radius 2 is 1.96 bits per heavy atom. The normalized spacial score (nSPS) is 12.0. The van der Waals surface area contributed by atoms with Gasteiger partial charge in [-0.1, -0.05) is 18.2 Å². The fourth-order valence-corrected chi connectivity index (χ4v) is 3.96. The summed E-state index contributed by atoms with van der Waals surface area (Å²) in [4.78, 5) is 27.3. The Balaban J connectivity index is 2.62. The number of hydrogen-bond donors (Lipinski definition) is 1. The zero-order chi connectivity index (χ0) is 17.6. The highest BCUT2D eigenvalue weighted by Gasteiger charge is 2.29. The third-order valence-electron chi connectivity index (χ3n) is 3.86. The Kier molecular flexibility index (Phi) is 3.71. The molecule has 24 heavy (non-hydrogen) atoms. The van der Waals surface area contributed by atoms with E-state index in [-0.39, 0.29) is 28.1 Å². The molecule has 2 aromatic heterocycles. The number of sulfone groups is 1. The first-order valence-corrected chi connectivity index (χ1v) is 9.17. The van der Waals surface area contributed by atoms with Crippen molar-refractivity contribution in [3.8, 4) is 0 Å². The lowest BCUT2D eigenvalue weighted by atomic mass is 10.1. The van der Waals surface area contributed by atoms with E-state index in [1.54, 1.807) is 38.2 Å². The van der Waals surface area contributed by atoms with Crippen LogP contribution in [-0.2, 0) is 21.6 Å². The Morgan fingerprint density at radius 3 is 2.58 bits per heavy atom. The number of fused-ring (bicyclic) bond motifs is 3. The predicted octanol–water partition coefficient (Wildman–Crippen LogP) is 1.60. The van der Waals surface area contributed by atoms with Crippen molar-refractivity contribution in [1.29, 1.82) is 0 Å². The smallest absolute Gasteiger partial charge is 0.356 e. The number of ether oxygens (including phenoxy) is 1. The van der Waals surface area contributed by atoms with Crippen molar-refractivity contribution in [2.45, 2.75) is 11.8 Å². The van der Waals surface area contributed by atoms with E-state index >= 15 is 0 Å². The van der Waals surface area contributed by atoms with Crippen molar-refractivity contribution in [3.63, 3.8) is 0 Å². The van der Waals surface area contributed by atoms with E-state index in [0.29, 0.717) is 10.9 Å². The number of para-hydroxylation sites is 1. The molecule has 1 N–H and O–H groups in total. The number of rotatable bonds is 3. The molecule has 3 aromatic rings. The summed E-state index contributed by atoms with van der Waals surface area (Å²) in [7, 11) is -2.19. The molecule has 2 heterocycles. The van der Waals surface area contributed by atoms with E-state index in [9.17, 15) is 18.0 Å². The molecule has 7 nitrogen and oxygen atoms in total. The van der Waals surface area contributed by atoms with Gasteiger partial charge in [0.2, 0.25) is 0 Å². The van der Waals surface area contributed by atoms with Crippen LogP contribution in [0.15, 0.2) is 34.0 Å². The number of aromatic nitrogens is 2. The third kappa shape index (κ3) is 2.30. The standard InChI is InChI=1S/C16H16N2O5S/c1-4-23-16(20)13-14(24(3,21)22)11-9-7-5-6-8-10(9)18(2)15(19)12(11)17-13/h5-8,17H,4H2,1-3H3. The lowest BCUT2D eigenvalue weighted by Gasteiger charge is -2.07. The topological polar surface area (TPSA) is 98.2 Å². The van der Waals surface area contributed by atoms with Gasteiger partial charge in [0.25, 0.3) is 5.56 Å². The maximum absolute atomic E-state index is 12.6. The largest absolute Gasteiger partial charge is 0.461 e. The molecule has 0 aliphatic heterocycles. The first-order valence-electron chi connectivity index (χ1n) is 7.28. The van der Waals surface area contributed by atoms with Gasteiger partial charge in [-0.05, 0) is 13.0 Å². The molecular weight excluding hydrogens is 332 g/mol. The van der Waals surface area contributed by atoms with E-state index in [1.807, 2.05) is 0 Å². The van der Waals surface area contributed by atoms with Gasteiger partial charge in [0, 0.05) is 24.1 Å². The molecule has 0 saturated heterocycles. The zero-order valence-electron chi connectivity index (χ0n) is 13.4. The minimum Gasteiger partial charge on any atom is -0.461 e. The molecule has 126 valence electrons. The number of pyridine rings is 1. The van der Waals surface area contributed by atoms with E-state index in [0.717, 1.165) is 6.26 Å². The van der Waals surface area contributed by atoms with Crippen molar-refractivity contribution < 1.29 is 17.9 Å². The Morgan fingerprint density at radius 1 is 1.29 bits per heavy atom. The summed E-state index contributed by atoms with van der Waals surface area (Å²) in [5, 5.41) is 0.793. The van der Waals surface area contributed by atoms with Gasteiger partial charge < -0.3 is 14.3 Å². The van der Waals surface area contributed by atoms with Crippen molar-refractivity contribution in [1.82, 2.24) is 9.55 Å². The van der Waals surface area contributed by atoms with Crippen molar-refractivity contribution >= 4 is 37.6 Å². The molecular formula is C16H16N2O5S. The van der Waals surface area contributed by atoms with Gasteiger partial charge in [-0.2, -0.15) is 0 Å². The maximum atomic E-state index is 12.6. The second kappa shape index (κ2) is 5.48. The van der Waals surface area contributed by atoms with Crippen LogP contribution in [-0.4, -0.2) is 36.8 Å². The quantitative estimate of drug-likeness (QED) is 0.725. The SMILES string of the molecule is CCOC(=O)c1[nH]c2c(=O)n(C)c3ccccc3c2c1S(C)(=O)=O. The summed E-state index contributed by atoms with van der Waals surface area (Å²) in [6.45, 7) is 1.71. The number of aryl methyl sites for hydroxylation is 1. The summed E-state index contributed by atoms with van der Waals surface area (Å²) in [5.74, 6) is -0.805. The lowest BCUT2D eigenvalue weighted by molar-refractivity contribution is 0.0516. The summed E-state index contributed by atoms with van der Waals surface area (Å²) >= 11 is 0. The molecule has 0 spiro atoms. The van der Waals surface area contributed by atoms with Gasteiger partial charge in [-0.25, -0.2) is 13.2 Å². The van der Waals surface area contributed by atoms with Crippen molar-refractivity contribution in [2.75, 3.05) is 12.9 Å². The number of nitrogens with one attached hydrogen (secondary N) is 1. The fraction of sp³-hybridized carbons (Fsp3) is 0.250. The summed E-state index contributed by atoms with van der Waals surface area (Å²) in [6.07, 6.45) is 1.00. The first-order chi connectivity index (χ1) is 11.3. The van der Waals surface area contributed by atoms with Gasteiger partial charge in [-0.3, -0.25) is 4.79 Å². The second-order valence-corrected chi connectivity index (χ2v) is 7.41. The van der Waals surface area contributed by atoms with Crippen LogP contribution in [0.25, 0.3) is 21.8 Å². The molecule has 3 rings (SSSR count). The van der Waals surface area contributed by atoms with Gasteiger partial charge in [0.05, 0.1) is 12.1 Å². The van der Waals surface area contributed by atoms with E-state index in [2.05, 4.69) is 4.98 Å². The Bertz CT molecular complexity index is 1140. The number of aromatic amines is 1. The van der Waals surface area contributed by atoms with Crippen LogP contribution < -0.4 is 5.56 Å². The van der Waals surface area contributed by atoms with Crippen molar-refractivity contribution in [2.24, 2.45) is 7.05 Å². The van der Waals surface area contributed by atoms with Crippen LogP contribution in [0.4, 0.5) is 0 Å². The molecule has 0 fully saturated rings. The monoisotopic (exact) mass is 348 g/mol. The molecule has 0 aliphatic carbocycles. The average Bonchev–Trinajstić information content (AvgIpc) is 2.94. The predicted molar refractivity (Wildman–Crippen MR) is 90.1 cm³/mol. The van der Waals surface area contributed by atoms with E-state index in [1.165, 1.54) is 4.57 Å². The average molecular weight is 348 g/mol. The molecule has 0 atom stereocenters. The fourth-order valence-electron chi connectivity index (χ4n) is 2.87. The molecule has 0 saturated carbocycles. The van der Waals surface area contributed by atoms with Gasteiger partial charge >= 0.3 is 5.97 Å². The van der Waals surface area contributed by atoms with Crippen LogP contribution in [0.3, 0.4) is 0 Å². The minimum atomic E-state index is -3.78. The highest BCUT2D eigenvalue weighted by Crippen LogP contribution is 2.31. The summed E-state index contributed by atoms with van der Waals surface area (Å²) in [5.41, 5.74) is 0.0148. The van der Waals surface area contributed by atoms with Crippen LogP contribution in [0, 0.1) is 0 Å². The van der Waals surface area contributed by atoms with Crippen LogP contribution in [0.2, 0.25) is 0 Å². The second-order valence-electron chi connectivity index (χ2n) is 5.45. The molecule has 0 amide bonds. The molecule has 1 aromatic carbocycles. The number of esters is 1. The van der Waals surface area contributed by atoms with E-state index in [4.69, 9.17) is 4.74 Å². The number of H-pyrrole nitrogens is 1. The zero-order valence-corrected chi connectivity index (χ0v) is 14.2. The lowest BCUT2D eigenvalue weighted by Crippen LogP contribution is -2.17. The third-order valence-corrected chi connectivity index (χ3v) is 5.01. The minimum absolute atomic E-state index is 0.0691. The number of hydrogen-bond acceptors (Lipinski definition) is 5. The molecule has 0 aliphatic rings. The first kappa shape index (κ1) is 16.3. The van der Waals surface area contributed by atoms with Gasteiger partial charge in [-0.15, -0.1) is 0 Å². The maximum Gasteiger partial charge on any atom is 0.356 e. The highest BCUT2D eigenvalue weighted by molar-refractivity contribution is 7.91. The number of carbonyl (C=O) groups is 1. The van der Waals surface area contributed by atoms with Crippen LogP contribution in [0.1, 0.15) is 17.4 Å². The Hall–Kier alpha value is -2.61. The molecule has 0 radical (unpaired) electrons. The molecule has 0 unspecified atom stereocenters. The number of carbonyl (C=O) groups excluding carboxylic acids is 1. The Labute approximate surface area is 137 Å². The highest BCUT2D eigenvalue weighted by atomic mass is 32.2. The van der Waals surface area contributed by atoms with E-state index < -0.39 is 21.4 Å². The van der Waals surface area contributed by atoms with Gasteiger partial charge in [0.15, 0.2) is 9.84 Å². The van der Waals surface area contributed by atoms with Crippen LogP contribution in [0.5, 0.6) is 0 Å². The number of benzene rings is 1. The molecule has 8 heteroatoms. The summed E-state index contributed by atoms with van der Waals surface area (Å²) < 4.78 is 31.0. The summed E-state index contributed by atoms with van der Waals surface area (Å²) in [6, 6.07) is 6.94. The van der Waals surface area contributed by atoms with Crippen LogP contribution >= 0.6 is 0 Å². The van der Waals surface area contributed by atoms with Crippen molar-refractivity contribution in [3.05, 3.63) is 40.3 Å². The molecule has 0 bridgehead atoms. The number of nitrogens with zero attached hydrogens (tertiary/aromatic N) is 1.